The minimum Gasteiger partial charge on any atom is -0.353 e. The van der Waals surface area contributed by atoms with E-state index in [0.717, 1.165) is 30.2 Å². The van der Waals surface area contributed by atoms with E-state index < -0.39 is 0 Å². The van der Waals surface area contributed by atoms with Crippen molar-refractivity contribution in [1.82, 2.24) is 9.97 Å². The molecule has 1 saturated heterocycles. The van der Waals surface area contributed by atoms with Gasteiger partial charge in [0.1, 0.15) is 16.8 Å². The molecule has 1 fully saturated rings. The molecule has 0 saturated carbocycles. The SMILES string of the molecule is CCc1nc(Cl)c(C)c(N2CCCC2CC)n1. The summed E-state index contributed by atoms with van der Waals surface area (Å²) in [7, 11) is 0. The summed E-state index contributed by atoms with van der Waals surface area (Å²) in [6, 6.07) is 0.615. The largest absolute Gasteiger partial charge is 0.353 e. The maximum atomic E-state index is 6.19. The van der Waals surface area contributed by atoms with E-state index in [0.29, 0.717) is 11.2 Å². The summed E-state index contributed by atoms with van der Waals surface area (Å²) < 4.78 is 0. The van der Waals surface area contributed by atoms with Gasteiger partial charge in [-0.15, -0.1) is 0 Å². The Kier molecular flexibility index (Phi) is 3.87. The zero-order valence-corrected chi connectivity index (χ0v) is 11.6. The molecule has 0 N–H and O–H groups in total. The van der Waals surface area contributed by atoms with Gasteiger partial charge >= 0.3 is 0 Å². The fourth-order valence-electron chi connectivity index (χ4n) is 2.50. The lowest BCUT2D eigenvalue weighted by atomic mass is 10.1. The van der Waals surface area contributed by atoms with Crippen LogP contribution in [0.1, 0.15) is 44.5 Å². The monoisotopic (exact) mass is 253 g/mol. The van der Waals surface area contributed by atoms with Gasteiger partial charge in [-0.1, -0.05) is 25.4 Å². The van der Waals surface area contributed by atoms with Crippen molar-refractivity contribution in [2.24, 2.45) is 0 Å². The standard InChI is InChI=1S/C13H20ClN3/c1-4-10-7-6-8-17(10)13-9(3)12(14)15-11(5-2)16-13/h10H,4-8H2,1-3H3. The van der Waals surface area contributed by atoms with Crippen LogP contribution in [0.4, 0.5) is 5.82 Å². The highest BCUT2D eigenvalue weighted by Crippen LogP contribution is 2.30. The lowest BCUT2D eigenvalue weighted by Gasteiger charge is -2.26. The molecule has 1 aromatic heterocycles. The highest BCUT2D eigenvalue weighted by molar-refractivity contribution is 6.30. The minimum atomic E-state index is 0.605. The van der Waals surface area contributed by atoms with Crippen LogP contribution in [-0.2, 0) is 6.42 Å². The molecule has 2 heterocycles. The van der Waals surface area contributed by atoms with E-state index in [2.05, 4.69) is 28.7 Å². The third kappa shape index (κ3) is 2.39. The van der Waals surface area contributed by atoms with Gasteiger partial charge in [-0.05, 0) is 26.2 Å². The molecule has 0 radical (unpaired) electrons. The predicted molar refractivity (Wildman–Crippen MR) is 71.8 cm³/mol. The number of nitrogens with zero attached hydrogens (tertiary/aromatic N) is 3. The van der Waals surface area contributed by atoms with Gasteiger partial charge < -0.3 is 4.90 Å². The average Bonchev–Trinajstić information content (AvgIpc) is 2.80. The fourth-order valence-corrected chi connectivity index (χ4v) is 2.68. The number of aryl methyl sites for hydroxylation is 1. The quantitative estimate of drug-likeness (QED) is 0.774. The maximum Gasteiger partial charge on any atom is 0.137 e. The summed E-state index contributed by atoms with van der Waals surface area (Å²) in [5.41, 5.74) is 1.02. The van der Waals surface area contributed by atoms with E-state index in [9.17, 15) is 0 Å². The van der Waals surface area contributed by atoms with Crippen LogP contribution in [0, 0.1) is 6.92 Å². The molecule has 4 heteroatoms. The van der Waals surface area contributed by atoms with E-state index >= 15 is 0 Å². The van der Waals surface area contributed by atoms with Crippen molar-refractivity contribution in [2.45, 2.75) is 52.5 Å². The second kappa shape index (κ2) is 5.21. The van der Waals surface area contributed by atoms with E-state index in [1.165, 1.54) is 19.3 Å². The van der Waals surface area contributed by atoms with Crippen LogP contribution in [0.2, 0.25) is 5.15 Å². The highest BCUT2D eigenvalue weighted by Gasteiger charge is 2.26. The molecular formula is C13H20ClN3. The normalized spacial score (nSPS) is 20.0. The number of aromatic nitrogens is 2. The predicted octanol–water partition coefficient (Wildman–Crippen LogP) is 3.38. The van der Waals surface area contributed by atoms with E-state index in [1.54, 1.807) is 0 Å². The van der Waals surface area contributed by atoms with Crippen LogP contribution in [-0.4, -0.2) is 22.6 Å². The molecule has 94 valence electrons. The Morgan fingerprint density at radius 3 is 2.76 bits per heavy atom. The Morgan fingerprint density at radius 2 is 2.12 bits per heavy atom. The number of rotatable bonds is 3. The molecule has 17 heavy (non-hydrogen) atoms. The Bertz CT molecular complexity index is 406. The lowest BCUT2D eigenvalue weighted by Crippen LogP contribution is -2.30. The first kappa shape index (κ1) is 12.6. The zero-order chi connectivity index (χ0) is 12.4. The highest BCUT2D eigenvalue weighted by atomic mass is 35.5. The van der Waals surface area contributed by atoms with Gasteiger partial charge in [-0.3, -0.25) is 0 Å². The maximum absolute atomic E-state index is 6.19. The van der Waals surface area contributed by atoms with Crippen LogP contribution < -0.4 is 4.90 Å². The number of anilines is 1. The summed E-state index contributed by atoms with van der Waals surface area (Å²) in [6.45, 7) is 7.41. The van der Waals surface area contributed by atoms with Gasteiger partial charge in [0.25, 0.3) is 0 Å². The van der Waals surface area contributed by atoms with Crippen molar-refractivity contribution in [3.8, 4) is 0 Å². The third-order valence-electron chi connectivity index (χ3n) is 3.54. The molecule has 2 rings (SSSR count). The minimum absolute atomic E-state index is 0.605. The van der Waals surface area contributed by atoms with Crippen molar-refractivity contribution in [3.05, 3.63) is 16.5 Å². The number of hydrogen-bond donors (Lipinski definition) is 0. The van der Waals surface area contributed by atoms with Gasteiger partial charge in [-0.2, -0.15) is 0 Å². The Morgan fingerprint density at radius 1 is 1.35 bits per heavy atom. The van der Waals surface area contributed by atoms with Crippen LogP contribution >= 0.6 is 11.6 Å². The molecule has 1 aliphatic heterocycles. The molecule has 0 amide bonds. The fraction of sp³-hybridized carbons (Fsp3) is 0.692. The summed E-state index contributed by atoms with van der Waals surface area (Å²) in [4.78, 5) is 11.4. The van der Waals surface area contributed by atoms with E-state index in [1.807, 2.05) is 6.92 Å². The molecule has 0 bridgehead atoms. The van der Waals surface area contributed by atoms with Crippen molar-refractivity contribution in [1.29, 1.82) is 0 Å². The lowest BCUT2D eigenvalue weighted by molar-refractivity contribution is 0.637. The first-order valence-electron chi connectivity index (χ1n) is 6.47. The van der Waals surface area contributed by atoms with Crippen molar-refractivity contribution in [2.75, 3.05) is 11.4 Å². The summed E-state index contributed by atoms with van der Waals surface area (Å²) >= 11 is 6.19. The smallest absolute Gasteiger partial charge is 0.137 e. The molecule has 0 aromatic carbocycles. The molecule has 0 spiro atoms. The molecule has 1 aromatic rings. The van der Waals surface area contributed by atoms with Crippen LogP contribution in [0.25, 0.3) is 0 Å². The Balaban J connectivity index is 2.39. The topological polar surface area (TPSA) is 29.0 Å². The van der Waals surface area contributed by atoms with Crippen molar-refractivity contribution < 1.29 is 0 Å². The van der Waals surface area contributed by atoms with Crippen LogP contribution in [0.15, 0.2) is 0 Å². The van der Waals surface area contributed by atoms with E-state index in [4.69, 9.17) is 11.6 Å². The van der Waals surface area contributed by atoms with Gasteiger partial charge in [0.05, 0.1) is 0 Å². The Hall–Kier alpha value is -0.830. The Labute approximate surface area is 108 Å². The first-order valence-corrected chi connectivity index (χ1v) is 6.84. The second-order valence-electron chi connectivity index (χ2n) is 4.63. The summed E-state index contributed by atoms with van der Waals surface area (Å²) in [5, 5.41) is 0.605. The van der Waals surface area contributed by atoms with Gasteiger partial charge in [-0.25, -0.2) is 9.97 Å². The molecule has 1 unspecified atom stereocenters. The molecule has 0 aliphatic carbocycles. The first-order chi connectivity index (χ1) is 8.17. The number of hydrogen-bond acceptors (Lipinski definition) is 3. The molecule has 1 atom stereocenters. The van der Waals surface area contributed by atoms with Gasteiger partial charge in [0, 0.05) is 24.6 Å². The van der Waals surface area contributed by atoms with Gasteiger partial charge in [0.2, 0.25) is 0 Å². The second-order valence-corrected chi connectivity index (χ2v) is 4.99. The van der Waals surface area contributed by atoms with Crippen molar-refractivity contribution >= 4 is 17.4 Å². The summed E-state index contributed by atoms with van der Waals surface area (Å²) in [6.07, 6.45) is 4.51. The molecule has 3 nitrogen and oxygen atoms in total. The zero-order valence-electron chi connectivity index (χ0n) is 10.8. The molecular weight excluding hydrogens is 234 g/mol. The van der Waals surface area contributed by atoms with E-state index in [-0.39, 0.29) is 0 Å². The van der Waals surface area contributed by atoms with Crippen LogP contribution in [0.5, 0.6) is 0 Å². The molecule has 1 aliphatic rings. The van der Waals surface area contributed by atoms with Crippen LogP contribution in [0.3, 0.4) is 0 Å². The van der Waals surface area contributed by atoms with Crippen molar-refractivity contribution in [3.63, 3.8) is 0 Å². The number of halogens is 1. The third-order valence-corrected chi connectivity index (χ3v) is 3.91. The van der Waals surface area contributed by atoms with Gasteiger partial charge in [0.15, 0.2) is 0 Å². The summed E-state index contributed by atoms with van der Waals surface area (Å²) in [5.74, 6) is 1.89. The average molecular weight is 254 g/mol.